The van der Waals surface area contributed by atoms with E-state index in [0.717, 1.165) is 12.2 Å². The third-order valence-electron chi connectivity index (χ3n) is 3.95. The summed E-state index contributed by atoms with van der Waals surface area (Å²) >= 11 is 0. The van der Waals surface area contributed by atoms with Crippen LogP contribution in [0, 0.1) is 5.41 Å². The number of hydrogen-bond donors (Lipinski definition) is 2. The molecule has 3 N–H and O–H groups in total. The second-order valence-electron chi connectivity index (χ2n) is 5.40. The average molecular weight is 264 g/mol. The van der Waals surface area contributed by atoms with Crippen LogP contribution >= 0.6 is 0 Å². The van der Waals surface area contributed by atoms with Crippen molar-refractivity contribution in [2.45, 2.75) is 32.6 Å². The Labute approximate surface area is 115 Å². The zero-order valence-electron chi connectivity index (χ0n) is 12.1. The Balaban J connectivity index is 2.08. The number of rotatable bonds is 7. The third kappa shape index (κ3) is 3.06. The van der Waals surface area contributed by atoms with Gasteiger partial charge in [0.05, 0.1) is 25.6 Å². The number of nitrogens with one attached hydrogen (secondary N) is 1. The number of benzene rings is 1. The first-order valence-corrected chi connectivity index (χ1v) is 6.89. The summed E-state index contributed by atoms with van der Waals surface area (Å²) in [6, 6.07) is 3.72. The van der Waals surface area contributed by atoms with Gasteiger partial charge >= 0.3 is 0 Å². The van der Waals surface area contributed by atoms with E-state index in [4.69, 9.17) is 15.2 Å². The van der Waals surface area contributed by atoms with Crippen LogP contribution in [0.2, 0.25) is 0 Å². The van der Waals surface area contributed by atoms with Crippen molar-refractivity contribution < 1.29 is 9.47 Å². The van der Waals surface area contributed by atoms with Crippen LogP contribution in [0.15, 0.2) is 12.1 Å². The first kappa shape index (κ1) is 13.8. The molecule has 0 bridgehead atoms. The van der Waals surface area contributed by atoms with E-state index in [1.54, 1.807) is 20.3 Å². The first-order valence-electron chi connectivity index (χ1n) is 6.89. The number of anilines is 2. The Hall–Kier alpha value is -1.58. The van der Waals surface area contributed by atoms with Gasteiger partial charge in [0.25, 0.3) is 0 Å². The molecule has 1 aliphatic rings. The fraction of sp³-hybridized carbons (Fsp3) is 0.600. The standard InChI is InChI=1S/C15H24N2O2/c1-4-5-15(6-7-15)10-17-12-9-14(19-3)13(18-2)8-11(12)16/h8-9,17H,4-7,10,16H2,1-3H3. The topological polar surface area (TPSA) is 56.5 Å². The van der Waals surface area contributed by atoms with Gasteiger partial charge in [-0.15, -0.1) is 0 Å². The minimum Gasteiger partial charge on any atom is -0.493 e. The molecule has 0 unspecified atom stereocenters. The highest BCUT2D eigenvalue weighted by molar-refractivity contribution is 5.72. The van der Waals surface area contributed by atoms with Crippen molar-refractivity contribution in [3.8, 4) is 11.5 Å². The van der Waals surface area contributed by atoms with Crippen LogP contribution in [0.4, 0.5) is 11.4 Å². The van der Waals surface area contributed by atoms with E-state index in [-0.39, 0.29) is 0 Å². The Bertz CT molecular complexity index is 442. The van der Waals surface area contributed by atoms with Crippen molar-refractivity contribution in [3.05, 3.63) is 12.1 Å². The maximum absolute atomic E-state index is 6.05. The summed E-state index contributed by atoms with van der Waals surface area (Å²) in [7, 11) is 3.25. The molecule has 2 rings (SSSR count). The lowest BCUT2D eigenvalue weighted by Crippen LogP contribution is -2.16. The Morgan fingerprint density at radius 1 is 1.21 bits per heavy atom. The van der Waals surface area contributed by atoms with E-state index in [9.17, 15) is 0 Å². The molecule has 1 fully saturated rings. The summed E-state index contributed by atoms with van der Waals surface area (Å²) in [5.74, 6) is 1.37. The van der Waals surface area contributed by atoms with Crippen LogP contribution in [0.1, 0.15) is 32.6 Å². The third-order valence-corrected chi connectivity index (χ3v) is 3.95. The predicted molar refractivity (Wildman–Crippen MR) is 79.0 cm³/mol. The van der Waals surface area contributed by atoms with Gasteiger partial charge < -0.3 is 20.5 Å². The van der Waals surface area contributed by atoms with Crippen LogP contribution < -0.4 is 20.5 Å². The summed E-state index contributed by atoms with van der Waals surface area (Å²) in [4.78, 5) is 0. The second-order valence-corrected chi connectivity index (χ2v) is 5.40. The summed E-state index contributed by atoms with van der Waals surface area (Å²) < 4.78 is 10.5. The van der Waals surface area contributed by atoms with Crippen molar-refractivity contribution >= 4 is 11.4 Å². The number of hydrogen-bond acceptors (Lipinski definition) is 4. The van der Waals surface area contributed by atoms with Crippen LogP contribution in [-0.2, 0) is 0 Å². The van der Waals surface area contributed by atoms with Crippen molar-refractivity contribution in [1.29, 1.82) is 0 Å². The number of nitrogen functional groups attached to an aromatic ring is 1. The van der Waals surface area contributed by atoms with E-state index in [1.807, 2.05) is 6.07 Å². The normalized spacial score (nSPS) is 15.9. The molecule has 0 aliphatic heterocycles. The molecule has 1 saturated carbocycles. The van der Waals surface area contributed by atoms with Crippen molar-refractivity contribution in [2.75, 3.05) is 31.8 Å². The maximum Gasteiger partial charge on any atom is 0.162 e. The molecule has 0 atom stereocenters. The van der Waals surface area contributed by atoms with Crippen molar-refractivity contribution in [3.63, 3.8) is 0 Å². The van der Waals surface area contributed by atoms with Crippen LogP contribution in [-0.4, -0.2) is 20.8 Å². The number of ether oxygens (including phenoxy) is 2. The van der Waals surface area contributed by atoms with Gasteiger partial charge in [0, 0.05) is 18.7 Å². The van der Waals surface area contributed by atoms with Crippen molar-refractivity contribution in [2.24, 2.45) is 5.41 Å². The maximum atomic E-state index is 6.05. The molecule has 19 heavy (non-hydrogen) atoms. The Morgan fingerprint density at radius 2 is 1.84 bits per heavy atom. The monoisotopic (exact) mass is 264 g/mol. The molecule has 0 amide bonds. The SMILES string of the molecule is CCCC1(CNc2cc(OC)c(OC)cc2N)CC1. The summed E-state index contributed by atoms with van der Waals surface area (Å²) in [6.07, 6.45) is 5.17. The molecule has 0 heterocycles. The van der Waals surface area contributed by atoms with Gasteiger partial charge in [-0.25, -0.2) is 0 Å². The molecule has 0 saturated heterocycles. The van der Waals surface area contributed by atoms with Gasteiger partial charge in [-0.2, -0.15) is 0 Å². The molecular formula is C15H24N2O2. The average Bonchev–Trinajstić information content (AvgIpc) is 3.17. The fourth-order valence-electron chi connectivity index (χ4n) is 2.55. The molecule has 4 heteroatoms. The van der Waals surface area contributed by atoms with Crippen LogP contribution in [0.25, 0.3) is 0 Å². The van der Waals surface area contributed by atoms with Crippen LogP contribution in [0.5, 0.6) is 11.5 Å². The molecular weight excluding hydrogens is 240 g/mol. The Kier molecular flexibility index (Phi) is 4.08. The molecule has 1 aromatic rings. The second kappa shape index (κ2) is 5.59. The lowest BCUT2D eigenvalue weighted by atomic mass is 10.0. The summed E-state index contributed by atoms with van der Waals surface area (Å²) in [5.41, 5.74) is 8.17. The number of methoxy groups -OCH3 is 2. The molecule has 1 aliphatic carbocycles. The minimum absolute atomic E-state index is 0.494. The molecule has 0 spiro atoms. The van der Waals surface area contributed by atoms with Gasteiger partial charge in [-0.05, 0) is 24.7 Å². The minimum atomic E-state index is 0.494. The lowest BCUT2D eigenvalue weighted by Gasteiger charge is -2.18. The van der Waals surface area contributed by atoms with Gasteiger partial charge in [-0.1, -0.05) is 13.3 Å². The largest absolute Gasteiger partial charge is 0.493 e. The van der Waals surface area contributed by atoms with Gasteiger partial charge in [0.1, 0.15) is 0 Å². The molecule has 1 aromatic carbocycles. The fourth-order valence-corrected chi connectivity index (χ4v) is 2.55. The Morgan fingerprint density at radius 3 is 2.37 bits per heavy atom. The highest BCUT2D eigenvalue weighted by Gasteiger charge is 2.41. The highest BCUT2D eigenvalue weighted by Crippen LogP contribution is 2.49. The van der Waals surface area contributed by atoms with Gasteiger partial charge in [-0.3, -0.25) is 0 Å². The van der Waals surface area contributed by atoms with Crippen molar-refractivity contribution in [1.82, 2.24) is 0 Å². The lowest BCUT2D eigenvalue weighted by molar-refractivity contribution is 0.355. The summed E-state index contributed by atoms with van der Waals surface area (Å²) in [6.45, 7) is 3.23. The zero-order valence-corrected chi connectivity index (χ0v) is 12.1. The van der Waals surface area contributed by atoms with E-state index in [0.29, 0.717) is 22.6 Å². The van der Waals surface area contributed by atoms with Crippen LogP contribution in [0.3, 0.4) is 0 Å². The quantitative estimate of drug-likeness (QED) is 0.742. The van der Waals surface area contributed by atoms with E-state index < -0.39 is 0 Å². The molecule has 106 valence electrons. The predicted octanol–water partition coefficient (Wildman–Crippen LogP) is 3.28. The van der Waals surface area contributed by atoms with E-state index in [1.165, 1.54) is 25.7 Å². The highest BCUT2D eigenvalue weighted by atomic mass is 16.5. The van der Waals surface area contributed by atoms with Gasteiger partial charge in [0.15, 0.2) is 11.5 Å². The molecule has 4 nitrogen and oxygen atoms in total. The smallest absolute Gasteiger partial charge is 0.162 e. The van der Waals surface area contributed by atoms with E-state index >= 15 is 0 Å². The first-order chi connectivity index (χ1) is 9.14. The zero-order chi connectivity index (χ0) is 13.9. The molecule has 0 aromatic heterocycles. The van der Waals surface area contributed by atoms with E-state index in [2.05, 4.69) is 12.2 Å². The van der Waals surface area contributed by atoms with Gasteiger partial charge in [0.2, 0.25) is 0 Å². The number of nitrogens with two attached hydrogens (primary N) is 1. The summed E-state index contributed by atoms with van der Waals surface area (Å²) in [5, 5.41) is 3.47. The molecule has 0 radical (unpaired) electrons.